The molecule has 0 heterocycles. The molecule has 0 aliphatic heterocycles. The van der Waals surface area contributed by atoms with Crippen molar-refractivity contribution in [3.8, 4) is 11.5 Å². The van der Waals surface area contributed by atoms with E-state index >= 15 is 0 Å². The molecule has 0 radical (unpaired) electrons. The molecule has 1 amide bonds. The Bertz CT molecular complexity index is 998. The number of hydrogen-bond donors (Lipinski definition) is 1. The number of sulfonamides is 1. The van der Waals surface area contributed by atoms with Crippen LogP contribution in [-0.2, 0) is 14.8 Å². The summed E-state index contributed by atoms with van der Waals surface area (Å²) in [5, 5.41) is 3.26. The van der Waals surface area contributed by atoms with Gasteiger partial charge in [-0.25, -0.2) is 8.42 Å². The molecular weight excluding hydrogens is 439 g/mol. The Morgan fingerprint density at radius 1 is 1.07 bits per heavy atom. The van der Waals surface area contributed by atoms with Crippen LogP contribution in [0.15, 0.2) is 36.4 Å². The van der Waals surface area contributed by atoms with Crippen molar-refractivity contribution in [2.75, 3.05) is 31.3 Å². The highest BCUT2D eigenvalue weighted by Gasteiger charge is 2.23. The average Bonchev–Trinajstić information content (AvgIpc) is 2.66. The topological polar surface area (TPSA) is 84.9 Å². The number of ether oxygens (including phenoxy) is 2. The Hall–Kier alpha value is -2.16. The van der Waals surface area contributed by atoms with Gasteiger partial charge in [0, 0.05) is 0 Å². The third kappa shape index (κ3) is 5.91. The zero-order valence-electron chi connectivity index (χ0n) is 16.4. The van der Waals surface area contributed by atoms with E-state index < -0.39 is 28.5 Å². The number of methoxy groups -OCH3 is 2. The Balaban J connectivity index is 2.19. The second kappa shape index (κ2) is 9.56. The van der Waals surface area contributed by atoms with Crippen molar-refractivity contribution in [3.63, 3.8) is 0 Å². The number of carbonyl (C=O) groups excluding carboxylic acids is 1. The second-order valence-corrected chi connectivity index (χ2v) is 8.99. The first kappa shape index (κ1) is 23.1. The molecule has 2 aromatic carbocycles. The maximum absolute atomic E-state index is 12.6. The van der Waals surface area contributed by atoms with Crippen molar-refractivity contribution in [3.05, 3.63) is 52.0 Å². The summed E-state index contributed by atoms with van der Waals surface area (Å²) < 4.78 is 35.9. The van der Waals surface area contributed by atoms with Gasteiger partial charge in [-0.15, -0.1) is 0 Å². The molecule has 2 rings (SSSR count). The Morgan fingerprint density at radius 2 is 1.72 bits per heavy atom. The lowest BCUT2D eigenvalue weighted by Crippen LogP contribution is -2.41. The Morgan fingerprint density at radius 3 is 2.28 bits per heavy atom. The second-order valence-electron chi connectivity index (χ2n) is 6.27. The van der Waals surface area contributed by atoms with E-state index in [1.807, 2.05) is 0 Å². The van der Waals surface area contributed by atoms with Crippen molar-refractivity contribution in [2.45, 2.75) is 13.0 Å². The molecule has 0 saturated heterocycles. The van der Waals surface area contributed by atoms with E-state index in [2.05, 4.69) is 5.32 Å². The van der Waals surface area contributed by atoms with Crippen molar-refractivity contribution < 1.29 is 22.7 Å². The van der Waals surface area contributed by atoms with E-state index in [-0.39, 0.29) is 15.7 Å². The van der Waals surface area contributed by atoms with Crippen molar-refractivity contribution in [1.29, 1.82) is 0 Å². The van der Waals surface area contributed by atoms with Crippen LogP contribution in [-0.4, -0.2) is 41.3 Å². The summed E-state index contributed by atoms with van der Waals surface area (Å²) in [5.74, 6) is 0.612. The van der Waals surface area contributed by atoms with Crippen LogP contribution >= 0.6 is 23.2 Å². The first-order valence-corrected chi connectivity index (χ1v) is 11.1. The lowest BCUT2D eigenvalue weighted by atomic mass is 10.1. The van der Waals surface area contributed by atoms with Gasteiger partial charge in [-0.3, -0.25) is 9.10 Å². The minimum absolute atomic E-state index is 0.192. The van der Waals surface area contributed by atoms with Crippen molar-refractivity contribution in [2.24, 2.45) is 0 Å². The van der Waals surface area contributed by atoms with Crippen LogP contribution in [0.1, 0.15) is 18.5 Å². The molecule has 29 heavy (non-hydrogen) atoms. The standard InChI is InChI=1S/C19H22Cl2N2O5S/c1-12(13-5-8-17(27-2)18(9-13)28-3)22-19(24)11-23(29(4,25)26)14-6-7-15(20)16(21)10-14/h5-10,12H,11H2,1-4H3,(H,22,24). The number of benzene rings is 2. The van der Waals surface area contributed by atoms with E-state index in [0.717, 1.165) is 16.1 Å². The smallest absolute Gasteiger partial charge is 0.241 e. The number of hydrogen-bond acceptors (Lipinski definition) is 5. The first-order valence-electron chi connectivity index (χ1n) is 8.51. The monoisotopic (exact) mass is 460 g/mol. The van der Waals surface area contributed by atoms with Crippen molar-refractivity contribution >= 4 is 44.8 Å². The molecule has 1 atom stereocenters. The molecule has 10 heteroatoms. The maximum atomic E-state index is 12.6. The molecule has 0 aliphatic carbocycles. The lowest BCUT2D eigenvalue weighted by Gasteiger charge is -2.24. The van der Waals surface area contributed by atoms with E-state index in [9.17, 15) is 13.2 Å². The molecule has 0 bridgehead atoms. The number of carbonyl (C=O) groups is 1. The average molecular weight is 461 g/mol. The third-order valence-electron chi connectivity index (χ3n) is 4.16. The van der Waals surface area contributed by atoms with Gasteiger partial charge >= 0.3 is 0 Å². The fraction of sp³-hybridized carbons (Fsp3) is 0.316. The number of anilines is 1. The summed E-state index contributed by atoms with van der Waals surface area (Å²) >= 11 is 11.9. The van der Waals surface area contributed by atoms with Gasteiger partial charge in [-0.2, -0.15) is 0 Å². The van der Waals surface area contributed by atoms with Gasteiger partial charge in [0.25, 0.3) is 0 Å². The van der Waals surface area contributed by atoms with Gasteiger partial charge < -0.3 is 14.8 Å². The van der Waals surface area contributed by atoms with Crippen LogP contribution in [0.5, 0.6) is 11.5 Å². The van der Waals surface area contributed by atoms with Gasteiger partial charge in [0.05, 0.1) is 42.2 Å². The first-order chi connectivity index (χ1) is 13.6. The predicted molar refractivity (Wildman–Crippen MR) is 115 cm³/mol. The van der Waals surface area contributed by atoms with Crippen LogP contribution in [0.2, 0.25) is 10.0 Å². The van der Waals surface area contributed by atoms with Crippen LogP contribution in [0.25, 0.3) is 0 Å². The van der Waals surface area contributed by atoms with Gasteiger partial charge in [-0.1, -0.05) is 29.3 Å². The van der Waals surface area contributed by atoms with E-state index in [4.69, 9.17) is 32.7 Å². The molecule has 158 valence electrons. The largest absolute Gasteiger partial charge is 0.493 e. The summed E-state index contributed by atoms with van der Waals surface area (Å²) in [6, 6.07) is 9.24. The molecule has 0 aliphatic rings. The Kier molecular flexibility index (Phi) is 7.62. The van der Waals surface area contributed by atoms with Crippen LogP contribution in [0.3, 0.4) is 0 Å². The van der Waals surface area contributed by atoms with E-state index in [1.54, 1.807) is 25.1 Å². The summed E-state index contributed by atoms with van der Waals surface area (Å²) in [6.07, 6.45) is 1.01. The van der Waals surface area contributed by atoms with Crippen LogP contribution in [0.4, 0.5) is 5.69 Å². The van der Waals surface area contributed by atoms with Gasteiger partial charge in [0.1, 0.15) is 6.54 Å². The maximum Gasteiger partial charge on any atom is 0.241 e. The molecule has 0 saturated carbocycles. The molecule has 1 N–H and O–H groups in total. The minimum Gasteiger partial charge on any atom is -0.493 e. The number of nitrogens with zero attached hydrogens (tertiary/aromatic N) is 1. The number of halogens is 2. The number of rotatable bonds is 8. The van der Waals surface area contributed by atoms with Crippen molar-refractivity contribution in [1.82, 2.24) is 5.32 Å². The van der Waals surface area contributed by atoms with Gasteiger partial charge in [0.2, 0.25) is 15.9 Å². The summed E-state index contributed by atoms with van der Waals surface area (Å²) in [7, 11) is -0.675. The molecular formula is C19H22Cl2N2O5S. The van der Waals surface area contributed by atoms with E-state index in [1.165, 1.54) is 32.4 Å². The molecule has 1 unspecified atom stereocenters. The Labute approximate surface area is 180 Å². The lowest BCUT2D eigenvalue weighted by molar-refractivity contribution is -0.120. The highest BCUT2D eigenvalue weighted by atomic mass is 35.5. The third-order valence-corrected chi connectivity index (χ3v) is 6.04. The summed E-state index contributed by atoms with van der Waals surface area (Å²) in [5.41, 5.74) is 1.02. The zero-order chi connectivity index (χ0) is 21.8. The van der Waals surface area contributed by atoms with E-state index in [0.29, 0.717) is 11.5 Å². The van der Waals surface area contributed by atoms with Crippen LogP contribution < -0.4 is 19.1 Å². The molecule has 2 aromatic rings. The highest BCUT2D eigenvalue weighted by Crippen LogP contribution is 2.30. The fourth-order valence-corrected chi connectivity index (χ4v) is 3.80. The SMILES string of the molecule is COc1ccc(C(C)NC(=O)CN(c2ccc(Cl)c(Cl)c2)S(C)(=O)=O)cc1OC. The van der Waals surface area contributed by atoms with Crippen LogP contribution in [0, 0.1) is 0 Å². The highest BCUT2D eigenvalue weighted by molar-refractivity contribution is 7.92. The molecule has 0 aromatic heterocycles. The zero-order valence-corrected chi connectivity index (χ0v) is 18.7. The van der Waals surface area contributed by atoms with Gasteiger partial charge in [0.15, 0.2) is 11.5 Å². The minimum atomic E-state index is -3.73. The predicted octanol–water partition coefficient (Wildman–Crippen LogP) is 3.65. The molecule has 0 spiro atoms. The normalized spacial score (nSPS) is 12.2. The number of nitrogens with one attached hydrogen (secondary N) is 1. The molecule has 0 fully saturated rings. The molecule has 7 nitrogen and oxygen atoms in total. The number of amides is 1. The quantitative estimate of drug-likeness (QED) is 0.649. The fourth-order valence-electron chi connectivity index (χ4n) is 2.66. The summed E-state index contributed by atoms with van der Waals surface area (Å²) in [6.45, 7) is 1.37. The summed E-state index contributed by atoms with van der Waals surface area (Å²) in [4.78, 5) is 12.6. The van der Waals surface area contributed by atoms with Gasteiger partial charge in [-0.05, 0) is 42.8 Å².